The number of nitrogens with one attached hydrogen (secondary N) is 1. The molecule has 1 aromatic heterocycles. The van der Waals surface area contributed by atoms with Gasteiger partial charge in [0.2, 0.25) is 5.91 Å². The van der Waals surface area contributed by atoms with Crippen molar-refractivity contribution in [3.63, 3.8) is 0 Å². The standard InChI is InChI=1S/C15H24N2O3/c1-4-5-8-17(9-6-14(18)16-12(2)3)15(19)13-7-10-20-11-13/h7,10-12H,4-6,8-9H2,1-3H3,(H,16,18). The average Bonchev–Trinajstić information content (AvgIpc) is 2.91. The topological polar surface area (TPSA) is 62.6 Å². The summed E-state index contributed by atoms with van der Waals surface area (Å²) in [6.45, 7) is 7.01. The summed E-state index contributed by atoms with van der Waals surface area (Å²) in [7, 11) is 0. The van der Waals surface area contributed by atoms with Crippen LogP contribution in [-0.2, 0) is 4.79 Å². The third kappa shape index (κ3) is 5.47. The highest BCUT2D eigenvalue weighted by atomic mass is 16.3. The number of hydrogen-bond donors (Lipinski definition) is 1. The minimum Gasteiger partial charge on any atom is -0.472 e. The van der Waals surface area contributed by atoms with Crippen LogP contribution >= 0.6 is 0 Å². The fourth-order valence-corrected chi connectivity index (χ4v) is 1.86. The second-order valence-corrected chi connectivity index (χ2v) is 5.13. The molecule has 5 heteroatoms. The van der Waals surface area contributed by atoms with E-state index in [1.165, 1.54) is 12.5 Å². The molecule has 0 fully saturated rings. The molecule has 2 amide bonds. The molecule has 0 aliphatic rings. The molecule has 1 heterocycles. The van der Waals surface area contributed by atoms with Crippen LogP contribution in [0.4, 0.5) is 0 Å². The Kier molecular flexibility index (Phi) is 6.84. The summed E-state index contributed by atoms with van der Waals surface area (Å²) >= 11 is 0. The molecule has 0 aliphatic carbocycles. The number of rotatable bonds is 8. The molecule has 0 bridgehead atoms. The molecule has 0 atom stereocenters. The Bertz CT molecular complexity index is 413. The van der Waals surface area contributed by atoms with Crippen LogP contribution in [0.5, 0.6) is 0 Å². The van der Waals surface area contributed by atoms with E-state index >= 15 is 0 Å². The monoisotopic (exact) mass is 280 g/mol. The predicted molar refractivity (Wildman–Crippen MR) is 77.4 cm³/mol. The summed E-state index contributed by atoms with van der Waals surface area (Å²) in [6, 6.07) is 1.77. The van der Waals surface area contributed by atoms with Crippen LogP contribution in [0.2, 0.25) is 0 Å². The molecular formula is C15H24N2O3. The average molecular weight is 280 g/mol. The SMILES string of the molecule is CCCCN(CCC(=O)NC(C)C)C(=O)c1ccoc1. The number of unbranched alkanes of at least 4 members (excludes halogenated alkanes) is 1. The zero-order valence-electron chi connectivity index (χ0n) is 12.5. The maximum absolute atomic E-state index is 12.3. The van der Waals surface area contributed by atoms with Gasteiger partial charge < -0.3 is 14.6 Å². The van der Waals surface area contributed by atoms with Crippen molar-refractivity contribution in [3.8, 4) is 0 Å². The van der Waals surface area contributed by atoms with Crippen molar-refractivity contribution in [1.29, 1.82) is 0 Å². The Balaban J connectivity index is 2.56. The van der Waals surface area contributed by atoms with Gasteiger partial charge >= 0.3 is 0 Å². The molecule has 1 rings (SSSR count). The fraction of sp³-hybridized carbons (Fsp3) is 0.600. The van der Waals surface area contributed by atoms with Gasteiger partial charge in [0, 0.05) is 25.6 Å². The number of furan rings is 1. The molecule has 0 saturated heterocycles. The number of carbonyl (C=O) groups excluding carboxylic acids is 2. The first-order valence-corrected chi connectivity index (χ1v) is 7.15. The molecule has 0 saturated carbocycles. The van der Waals surface area contributed by atoms with Gasteiger partial charge in [0.1, 0.15) is 6.26 Å². The summed E-state index contributed by atoms with van der Waals surface area (Å²) in [6.07, 6.45) is 5.18. The molecule has 112 valence electrons. The predicted octanol–water partition coefficient (Wildman–Crippen LogP) is 2.44. The van der Waals surface area contributed by atoms with Crippen LogP contribution in [0.15, 0.2) is 23.0 Å². The summed E-state index contributed by atoms with van der Waals surface area (Å²) in [5, 5.41) is 2.83. The van der Waals surface area contributed by atoms with E-state index in [0.717, 1.165) is 12.8 Å². The molecule has 0 unspecified atom stereocenters. The summed E-state index contributed by atoms with van der Waals surface area (Å²) in [5.41, 5.74) is 0.533. The van der Waals surface area contributed by atoms with E-state index in [1.807, 2.05) is 13.8 Å². The van der Waals surface area contributed by atoms with E-state index in [9.17, 15) is 9.59 Å². The van der Waals surface area contributed by atoms with Gasteiger partial charge in [-0.05, 0) is 26.3 Å². The number of carbonyl (C=O) groups is 2. The van der Waals surface area contributed by atoms with Gasteiger partial charge in [-0.3, -0.25) is 9.59 Å². The van der Waals surface area contributed by atoms with Crippen LogP contribution in [0, 0.1) is 0 Å². The maximum atomic E-state index is 12.3. The minimum absolute atomic E-state index is 0.0264. The Labute approximate surface area is 120 Å². The van der Waals surface area contributed by atoms with Crippen molar-refractivity contribution in [2.75, 3.05) is 13.1 Å². The molecule has 1 N–H and O–H groups in total. The Morgan fingerprint density at radius 1 is 1.35 bits per heavy atom. The van der Waals surface area contributed by atoms with Gasteiger partial charge in [-0.25, -0.2) is 0 Å². The Hall–Kier alpha value is -1.78. The van der Waals surface area contributed by atoms with E-state index in [4.69, 9.17) is 4.42 Å². The lowest BCUT2D eigenvalue weighted by molar-refractivity contribution is -0.121. The summed E-state index contributed by atoms with van der Waals surface area (Å²) < 4.78 is 4.94. The molecule has 1 aromatic rings. The number of amides is 2. The Morgan fingerprint density at radius 2 is 2.10 bits per heavy atom. The van der Waals surface area contributed by atoms with Crippen LogP contribution in [-0.4, -0.2) is 35.8 Å². The normalized spacial score (nSPS) is 10.6. The lowest BCUT2D eigenvalue weighted by Crippen LogP contribution is -2.37. The van der Waals surface area contributed by atoms with Crippen LogP contribution < -0.4 is 5.32 Å². The van der Waals surface area contributed by atoms with Crippen molar-refractivity contribution >= 4 is 11.8 Å². The second kappa shape index (κ2) is 8.40. The largest absolute Gasteiger partial charge is 0.472 e. The zero-order valence-corrected chi connectivity index (χ0v) is 12.5. The highest BCUT2D eigenvalue weighted by Gasteiger charge is 2.17. The number of nitrogens with zero attached hydrogens (tertiary/aromatic N) is 1. The van der Waals surface area contributed by atoms with Gasteiger partial charge in [0.15, 0.2) is 0 Å². The smallest absolute Gasteiger partial charge is 0.257 e. The van der Waals surface area contributed by atoms with Crippen molar-refractivity contribution in [3.05, 3.63) is 24.2 Å². The fourth-order valence-electron chi connectivity index (χ4n) is 1.86. The van der Waals surface area contributed by atoms with Crippen LogP contribution in [0.25, 0.3) is 0 Å². The Morgan fingerprint density at radius 3 is 2.65 bits per heavy atom. The van der Waals surface area contributed by atoms with Gasteiger partial charge in [-0.15, -0.1) is 0 Å². The van der Waals surface area contributed by atoms with Gasteiger partial charge in [0.25, 0.3) is 5.91 Å². The highest BCUT2D eigenvalue weighted by Crippen LogP contribution is 2.08. The maximum Gasteiger partial charge on any atom is 0.257 e. The number of hydrogen-bond acceptors (Lipinski definition) is 3. The molecule has 0 aliphatic heterocycles. The minimum atomic E-state index is -0.0791. The quantitative estimate of drug-likeness (QED) is 0.795. The zero-order chi connectivity index (χ0) is 15.0. The second-order valence-electron chi connectivity index (χ2n) is 5.13. The van der Waals surface area contributed by atoms with Crippen LogP contribution in [0.3, 0.4) is 0 Å². The van der Waals surface area contributed by atoms with E-state index in [2.05, 4.69) is 12.2 Å². The third-order valence-electron chi connectivity index (χ3n) is 2.90. The van der Waals surface area contributed by atoms with Crippen molar-refractivity contribution in [2.45, 2.75) is 46.1 Å². The highest BCUT2D eigenvalue weighted by molar-refractivity contribution is 5.94. The molecule has 5 nitrogen and oxygen atoms in total. The van der Waals surface area contributed by atoms with Crippen molar-refractivity contribution < 1.29 is 14.0 Å². The third-order valence-corrected chi connectivity index (χ3v) is 2.90. The lowest BCUT2D eigenvalue weighted by Gasteiger charge is -2.22. The summed E-state index contributed by atoms with van der Waals surface area (Å²) in [5.74, 6) is -0.106. The van der Waals surface area contributed by atoms with Gasteiger partial charge in [-0.2, -0.15) is 0 Å². The van der Waals surface area contributed by atoms with Gasteiger partial charge in [0.05, 0.1) is 11.8 Å². The molecule has 0 radical (unpaired) electrons. The van der Waals surface area contributed by atoms with Crippen molar-refractivity contribution in [1.82, 2.24) is 10.2 Å². The van der Waals surface area contributed by atoms with Crippen molar-refractivity contribution in [2.24, 2.45) is 0 Å². The van der Waals surface area contributed by atoms with Crippen LogP contribution in [0.1, 0.15) is 50.4 Å². The van der Waals surface area contributed by atoms with E-state index in [1.54, 1.807) is 11.0 Å². The first kappa shape index (κ1) is 16.3. The molecule has 20 heavy (non-hydrogen) atoms. The lowest BCUT2D eigenvalue weighted by atomic mass is 10.2. The van der Waals surface area contributed by atoms with E-state index < -0.39 is 0 Å². The molecular weight excluding hydrogens is 256 g/mol. The molecule has 0 spiro atoms. The van der Waals surface area contributed by atoms with E-state index in [0.29, 0.717) is 25.1 Å². The summed E-state index contributed by atoms with van der Waals surface area (Å²) in [4.78, 5) is 25.7. The first-order valence-electron chi connectivity index (χ1n) is 7.15. The first-order chi connectivity index (χ1) is 9.54. The molecule has 0 aromatic carbocycles. The van der Waals surface area contributed by atoms with Gasteiger partial charge in [-0.1, -0.05) is 13.3 Å². The van der Waals surface area contributed by atoms with E-state index in [-0.39, 0.29) is 17.9 Å².